The number of hydrogen-bond donors (Lipinski definition) is 1. The lowest BCUT2D eigenvalue weighted by Crippen LogP contribution is -2.28. The predicted octanol–water partition coefficient (Wildman–Crippen LogP) is 3.47. The second-order valence-electron chi connectivity index (χ2n) is 6.79. The fraction of sp³-hybridized carbons (Fsp3) is 0.350. The van der Waals surface area contributed by atoms with Crippen molar-refractivity contribution < 1.29 is 31.5 Å². The number of ether oxygens (including phenoxy) is 2. The van der Waals surface area contributed by atoms with Crippen LogP contribution in [-0.2, 0) is 16.6 Å². The third-order valence-electron chi connectivity index (χ3n) is 4.76. The van der Waals surface area contributed by atoms with Gasteiger partial charge in [0.15, 0.2) is 0 Å². The molecule has 2 N–H and O–H groups in total. The number of carbonyl (C=O) groups excluding carboxylic acids is 1. The number of thioether (sulfide) groups is 1. The van der Waals surface area contributed by atoms with Gasteiger partial charge in [0.05, 0.1) is 22.5 Å². The van der Waals surface area contributed by atoms with E-state index in [0.717, 1.165) is 12.8 Å². The van der Waals surface area contributed by atoms with E-state index in [2.05, 4.69) is 0 Å². The standard InChI is InChI=1S/C20H22F2N2O5S2/c1-28-17-10-13(4-7-18(17)30-20(21)22)12-29-16-6-5-14(11-15(16)19(23)25)31(26,27)24-8-2-3-9-24/h4-7,10-11,20H,2-3,8-9,12H2,1H3,(H2,23,25). The SMILES string of the molecule is COc1cc(COc2ccc(S(=O)(=O)N3CCCC3)cc2C(N)=O)ccc1SC(F)F. The maximum atomic E-state index is 12.7. The molecule has 2 aromatic rings. The van der Waals surface area contributed by atoms with Crippen LogP contribution in [0.1, 0.15) is 28.8 Å². The van der Waals surface area contributed by atoms with Crippen LogP contribution in [0, 0.1) is 0 Å². The van der Waals surface area contributed by atoms with Crippen molar-refractivity contribution in [1.29, 1.82) is 0 Å². The van der Waals surface area contributed by atoms with E-state index in [9.17, 15) is 22.0 Å². The number of amides is 1. The van der Waals surface area contributed by atoms with Crippen molar-refractivity contribution in [1.82, 2.24) is 4.31 Å². The molecule has 1 aliphatic heterocycles. The van der Waals surface area contributed by atoms with Gasteiger partial charge in [0.2, 0.25) is 10.0 Å². The predicted molar refractivity (Wildman–Crippen MR) is 112 cm³/mol. The number of alkyl halides is 2. The molecule has 0 spiro atoms. The van der Waals surface area contributed by atoms with Gasteiger partial charge in [-0.25, -0.2) is 8.42 Å². The summed E-state index contributed by atoms with van der Waals surface area (Å²) >= 11 is 0.372. The molecule has 1 saturated heterocycles. The number of methoxy groups -OCH3 is 1. The topological polar surface area (TPSA) is 98.9 Å². The molecule has 1 fully saturated rings. The number of sulfonamides is 1. The number of nitrogens with two attached hydrogens (primary N) is 1. The molecule has 31 heavy (non-hydrogen) atoms. The molecule has 0 aromatic heterocycles. The third kappa shape index (κ3) is 5.46. The number of halogens is 2. The summed E-state index contributed by atoms with van der Waals surface area (Å²) in [5.41, 5.74) is 5.99. The van der Waals surface area contributed by atoms with Crippen molar-refractivity contribution in [2.24, 2.45) is 5.73 Å². The van der Waals surface area contributed by atoms with E-state index in [1.54, 1.807) is 12.1 Å². The number of hydrogen-bond acceptors (Lipinski definition) is 6. The summed E-state index contributed by atoms with van der Waals surface area (Å²) in [6.07, 6.45) is 1.59. The molecule has 0 radical (unpaired) electrons. The largest absolute Gasteiger partial charge is 0.496 e. The Morgan fingerprint density at radius 3 is 2.48 bits per heavy atom. The first-order valence-corrected chi connectivity index (χ1v) is 11.7. The average molecular weight is 473 g/mol. The van der Waals surface area contributed by atoms with Gasteiger partial charge in [0.25, 0.3) is 11.7 Å². The fourth-order valence-corrected chi connectivity index (χ4v) is 5.36. The van der Waals surface area contributed by atoms with E-state index in [1.165, 1.54) is 35.7 Å². The summed E-state index contributed by atoms with van der Waals surface area (Å²) in [4.78, 5) is 12.2. The number of nitrogens with zero attached hydrogens (tertiary/aromatic N) is 1. The van der Waals surface area contributed by atoms with Gasteiger partial charge >= 0.3 is 0 Å². The molecular formula is C20H22F2N2O5S2. The first kappa shape index (κ1) is 23.3. The van der Waals surface area contributed by atoms with E-state index in [0.29, 0.717) is 30.4 Å². The van der Waals surface area contributed by atoms with Gasteiger partial charge in [-0.3, -0.25) is 4.79 Å². The Morgan fingerprint density at radius 2 is 1.87 bits per heavy atom. The van der Waals surface area contributed by atoms with Crippen molar-refractivity contribution >= 4 is 27.7 Å². The van der Waals surface area contributed by atoms with E-state index < -0.39 is 21.7 Å². The van der Waals surface area contributed by atoms with Gasteiger partial charge in [0.1, 0.15) is 18.1 Å². The quantitative estimate of drug-likeness (QED) is 0.561. The second-order valence-corrected chi connectivity index (χ2v) is 9.76. The molecule has 7 nitrogen and oxygen atoms in total. The Balaban J connectivity index is 1.81. The van der Waals surface area contributed by atoms with Gasteiger partial charge in [-0.2, -0.15) is 13.1 Å². The zero-order valence-electron chi connectivity index (χ0n) is 16.7. The zero-order valence-corrected chi connectivity index (χ0v) is 18.3. The highest BCUT2D eigenvalue weighted by atomic mass is 32.2. The molecule has 1 amide bonds. The highest BCUT2D eigenvalue weighted by molar-refractivity contribution is 7.99. The maximum absolute atomic E-state index is 12.7. The maximum Gasteiger partial charge on any atom is 0.289 e. The summed E-state index contributed by atoms with van der Waals surface area (Å²) in [6, 6.07) is 8.63. The van der Waals surface area contributed by atoms with Crippen molar-refractivity contribution in [3.05, 3.63) is 47.5 Å². The monoisotopic (exact) mass is 472 g/mol. The lowest BCUT2D eigenvalue weighted by atomic mass is 10.2. The van der Waals surface area contributed by atoms with Crippen LogP contribution in [0.15, 0.2) is 46.2 Å². The Hall–Kier alpha value is -2.37. The van der Waals surface area contributed by atoms with Crippen molar-refractivity contribution in [2.45, 2.75) is 35.0 Å². The smallest absolute Gasteiger partial charge is 0.289 e. The Labute approximate surface area is 183 Å². The first-order chi connectivity index (χ1) is 14.7. The normalized spacial score (nSPS) is 14.7. The van der Waals surface area contributed by atoms with Gasteiger partial charge in [0, 0.05) is 13.1 Å². The van der Waals surface area contributed by atoms with Crippen LogP contribution in [0.3, 0.4) is 0 Å². The van der Waals surface area contributed by atoms with Crippen LogP contribution in [0.5, 0.6) is 11.5 Å². The lowest BCUT2D eigenvalue weighted by Gasteiger charge is -2.17. The highest BCUT2D eigenvalue weighted by Crippen LogP contribution is 2.34. The molecule has 2 aromatic carbocycles. The molecule has 3 rings (SSSR count). The zero-order chi connectivity index (χ0) is 22.6. The summed E-state index contributed by atoms with van der Waals surface area (Å²) in [5.74, 6) is -3.01. The number of rotatable bonds is 9. The third-order valence-corrected chi connectivity index (χ3v) is 7.42. The van der Waals surface area contributed by atoms with Crippen LogP contribution in [0.2, 0.25) is 0 Å². The molecule has 0 aliphatic carbocycles. The minimum absolute atomic E-state index is 0.00547. The van der Waals surface area contributed by atoms with Gasteiger partial charge in [-0.15, -0.1) is 0 Å². The van der Waals surface area contributed by atoms with Gasteiger partial charge < -0.3 is 15.2 Å². The number of carbonyl (C=O) groups is 1. The highest BCUT2D eigenvalue weighted by Gasteiger charge is 2.28. The van der Waals surface area contributed by atoms with Crippen LogP contribution in [-0.4, -0.2) is 44.6 Å². The Kier molecular flexibility index (Phi) is 7.39. The molecule has 0 bridgehead atoms. The van der Waals surface area contributed by atoms with Crippen molar-refractivity contribution in [2.75, 3.05) is 20.2 Å². The summed E-state index contributed by atoms with van der Waals surface area (Å²) in [6.45, 7) is 0.872. The summed E-state index contributed by atoms with van der Waals surface area (Å²) in [5, 5.41) is 0. The molecule has 0 saturated carbocycles. The summed E-state index contributed by atoms with van der Waals surface area (Å²) < 4.78 is 63.0. The lowest BCUT2D eigenvalue weighted by molar-refractivity contribution is 0.0995. The fourth-order valence-electron chi connectivity index (χ4n) is 3.22. The molecule has 0 unspecified atom stereocenters. The molecular weight excluding hydrogens is 450 g/mol. The molecule has 1 heterocycles. The average Bonchev–Trinajstić information content (AvgIpc) is 3.28. The van der Waals surface area contributed by atoms with Crippen LogP contribution >= 0.6 is 11.8 Å². The van der Waals surface area contributed by atoms with E-state index >= 15 is 0 Å². The van der Waals surface area contributed by atoms with Gasteiger partial charge in [-0.05, 0) is 48.7 Å². The van der Waals surface area contributed by atoms with Crippen molar-refractivity contribution in [3.63, 3.8) is 0 Å². The molecule has 168 valence electrons. The minimum atomic E-state index is -3.71. The van der Waals surface area contributed by atoms with Crippen LogP contribution in [0.4, 0.5) is 8.78 Å². The van der Waals surface area contributed by atoms with E-state index in [1.807, 2.05) is 0 Å². The van der Waals surface area contributed by atoms with E-state index in [4.69, 9.17) is 15.2 Å². The molecule has 0 atom stereocenters. The molecule has 11 heteroatoms. The van der Waals surface area contributed by atoms with E-state index in [-0.39, 0.29) is 33.5 Å². The molecule has 1 aliphatic rings. The van der Waals surface area contributed by atoms with Crippen LogP contribution < -0.4 is 15.2 Å². The van der Waals surface area contributed by atoms with Gasteiger partial charge in [-0.1, -0.05) is 17.8 Å². The Bertz CT molecular complexity index is 1060. The number of primary amides is 1. The number of benzene rings is 2. The van der Waals surface area contributed by atoms with Crippen molar-refractivity contribution in [3.8, 4) is 11.5 Å². The second kappa shape index (κ2) is 9.84. The summed E-state index contributed by atoms with van der Waals surface area (Å²) in [7, 11) is -2.34. The van der Waals surface area contributed by atoms with Crippen LogP contribution in [0.25, 0.3) is 0 Å². The minimum Gasteiger partial charge on any atom is -0.496 e. The Morgan fingerprint density at radius 1 is 1.16 bits per heavy atom. The first-order valence-electron chi connectivity index (χ1n) is 9.41.